The number of aromatic nitrogens is 2. The van der Waals surface area contributed by atoms with Crippen LogP contribution in [0, 0.1) is 13.8 Å². The van der Waals surface area contributed by atoms with Gasteiger partial charge in [-0.15, -0.1) is 0 Å². The molecule has 1 atom stereocenters. The highest BCUT2D eigenvalue weighted by atomic mass is 16.5. The van der Waals surface area contributed by atoms with Gasteiger partial charge in [0.15, 0.2) is 0 Å². The molecule has 4 rings (SSSR count). The lowest BCUT2D eigenvalue weighted by atomic mass is 10.0. The molecule has 6 nitrogen and oxygen atoms in total. The Labute approximate surface area is 177 Å². The van der Waals surface area contributed by atoms with Crippen molar-refractivity contribution < 1.29 is 9.53 Å². The lowest BCUT2D eigenvalue weighted by Gasteiger charge is -2.35. The molecular weight excluding hydrogens is 376 g/mol. The van der Waals surface area contributed by atoms with Crippen molar-refractivity contribution in [3.8, 4) is 11.4 Å². The van der Waals surface area contributed by atoms with Crippen molar-refractivity contribution in [1.82, 2.24) is 15.1 Å². The fourth-order valence-corrected chi connectivity index (χ4v) is 4.12. The Hall–Kier alpha value is -3.28. The summed E-state index contributed by atoms with van der Waals surface area (Å²) in [4.78, 5) is 15.1. The molecule has 0 bridgehead atoms. The fraction of sp³-hybridized carbons (Fsp3) is 0.333. The molecule has 1 N–H and O–H groups in total. The second-order valence-corrected chi connectivity index (χ2v) is 7.82. The number of benzene rings is 2. The van der Waals surface area contributed by atoms with Gasteiger partial charge in [-0.25, -0.2) is 4.68 Å². The minimum Gasteiger partial charge on any atom is -0.495 e. The molecule has 1 aromatic heterocycles. The highest BCUT2D eigenvalue weighted by Crippen LogP contribution is 2.30. The maximum atomic E-state index is 12.8. The predicted octanol–water partition coefficient (Wildman–Crippen LogP) is 3.90. The summed E-state index contributed by atoms with van der Waals surface area (Å²) in [6.45, 7) is 5.74. The van der Waals surface area contributed by atoms with E-state index in [1.54, 1.807) is 7.11 Å². The van der Waals surface area contributed by atoms with Crippen molar-refractivity contribution in [3.05, 3.63) is 71.5 Å². The third-order valence-corrected chi connectivity index (χ3v) is 5.57. The maximum Gasteiger partial charge on any atom is 0.251 e. The molecule has 0 saturated carbocycles. The number of rotatable bonds is 5. The van der Waals surface area contributed by atoms with Gasteiger partial charge >= 0.3 is 0 Å². The third-order valence-electron chi connectivity index (χ3n) is 5.57. The number of anilines is 1. The van der Waals surface area contributed by atoms with Crippen LogP contribution in [0.3, 0.4) is 0 Å². The molecule has 1 aliphatic heterocycles. The minimum atomic E-state index is -0.0400. The fourth-order valence-electron chi connectivity index (χ4n) is 4.12. The van der Waals surface area contributed by atoms with Crippen LogP contribution in [0.2, 0.25) is 0 Å². The standard InChI is InChI=1S/C24H28N4O2/c1-17-15-18(2)28(26-17)21-12-10-19(11-13-21)24(29)25-20-7-6-14-27(16-20)22-8-4-5-9-23(22)30-3/h4-5,8-13,15,20H,6-7,14,16H2,1-3H3,(H,25,29). The van der Waals surface area contributed by atoms with E-state index in [2.05, 4.69) is 21.4 Å². The van der Waals surface area contributed by atoms with Gasteiger partial charge in [-0.3, -0.25) is 4.79 Å². The van der Waals surface area contributed by atoms with E-state index < -0.39 is 0 Å². The van der Waals surface area contributed by atoms with Crippen LogP contribution in [-0.4, -0.2) is 41.9 Å². The molecule has 2 aromatic carbocycles. The van der Waals surface area contributed by atoms with Gasteiger partial charge in [0, 0.05) is 30.4 Å². The zero-order chi connectivity index (χ0) is 21.1. The molecule has 1 aliphatic rings. The predicted molar refractivity (Wildman–Crippen MR) is 119 cm³/mol. The van der Waals surface area contributed by atoms with Crippen LogP contribution in [0.15, 0.2) is 54.6 Å². The Kier molecular flexibility index (Phi) is 5.74. The molecule has 0 aliphatic carbocycles. The first-order valence-corrected chi connectivity index (χ1v) is 10.4. The van der Waals surface area contributed by atoms with Crippen molar-refractivity contribution in [2.75, 3.05) is 25.1 Å². The second kappa shape index (κ2) is 8.61. The zero-order valence-corrected chi connectivity index (χ0v) is 17.8. The molecule has 156 valence electrons. The summed E-state index contributed by atoms with van der Waals surface area (Å²) in [7, 11) is 1.69. The van der Waals surface area contributed by atoms with Gasteiger partial charge < -0.3 is 15.0 Å². The van der Waals surface area contributed by atoms with Crippen molar-refractivity contribution in [3.63, 3.8) is 0 Å². The normalized spacial score (nSPS) is 16.4. The summed E-state index contributed by atoms with van der Waals surface area (Å²) in [6.07, 6.45) is 2.00. The van der Waals surface area contributed by atoms with E-state index in [1.807, 2.05) is 67.1 Å². The first kappa shape index (κ1) is 20.0. The van der Waals surface area contributed by atoms with Crippen LogP contribution in [0.25, 0.3) is 5.69 Å². The molecular formula is C24H28N4O2. The molecule has 0 spiro atoms. The van der Waals surface area contributed by atoms with E-state index in [0.29, 0.717) is 5.56 Å². The molecule has 1 fully saturated rings. The van der Waals surface area contributed by atoms with Gasteiger partial charge in [0.25, 0.3) is 5.91 Å². The third kappa shape index (κ3) is 4.17. The van der Waals surface area contributed by atoms with Crippen molar-refractivity contribution in [2.45, 2.75) is 32.7 Å². The summed E-state index contributed by atoms with van der Waals surface area (Å²) in [5.74, 6) is 0.825. The van der Waals surface area contributed by atoms with Crippen molar-refractivity contribution in [2.24, 2.45) is 0 Å². The number of hydrogen-bond donors (Lipinski definition) is 1. The highest BCUT2D eigenvalue weighted by Gasteiger charge is 2.23. The average molecular weight is 405 g/mol. The van der Waals surface area contributed by atoms with Crippen LogP contribution in [0.1, 0.15) is 34.6 Å². The largest absolute Gasteiger partial charge is 0.495 e. The first-order chi connectivity index (χ1) is 14.5. The lowest BCUT2D eigenvalue weighted by molar-refractivity contribution is 0.0933. The van der Waals surface area contributed by atoms with Crippen molar-refractivity contribution in [1.29, 1.82) is 0 Å². The number of nitrogens with one attached hydrogen (secondary N) is 1. The molecule has 1 saturated heterocycles. The topological polar surface area (TPSA) is 59.4 Å². The maximum absolute atomic E-state index is 12.8. The average Bonchev–Trinajstić information content (AvgIpc) is 3.11. The molecule has 1 unspecified atom stereocenters. The summed E-state index contributed by atoms with van der Waals surface area (Å²) in [6, 6.07) is 17.8. The van der Waals surface area contributed by atoms with Crippen LogP contribution in [-0.2, 0) is 0 Å². The SMILES string of the molecule is COc1ccccc1N1CCCC(NC(=O)c2ccc(-n3nc(C)cc3C)cc2)C1. The van der Waals surface area contributed by atoms with Gasteiger partial charge in [0.1, 0.15) is 5.75 Å². The molecule has 0 radical (unpaired) electrons. The lowest BCUT2D eigenvalue weighted by Crippen LogP contribution is -2.47. The van der Waals surface area contributed by atoms with Gasteiger partial charge in [0.05, 0.1) is 24.2 Å². The number of carbonyl (C=O) groups excluding carboxylic acids is 1. The Morgan fingerprint density at radius 1 is 1.13 bits per heavy atom. The second-order valence-electron chi connectivity index (χ2n) is 7.82. The Balaban J connectivity index is 1.42. The van der Waals surface area contributed by atoms with Crippen LogP contribution >= 0.6 is 0 Å². The van der Waals surface area contributed by atoms with E-state index >= 15 is 0 Å². The summed E-state index contributed by atoms with van der Waals surface area (Å²) < 4.78 is 7.40. The van der Waals surface area contributed by atoms with E-state index in [-0.39, 0.29) is 11.9 Å². The Bertz CT molecular complexity index is 1030. The Morgan fingerprint density at radius 3 is 2.60 bits per heavy atom. The summed E-state index contributed by atoms with van der Waals surface area (Å²) in [5, 5.41) is 7.70. The van der Waals surface area contributed by atoms with Crippen LogP contribution in [0.5, 0.6) is 5.75 Å². The summed E-state index contributed by atoms with van der Waals surface area (Å²) >= 11 is 0. The van der Waals surface area contributed by atoms with Crippen LogP contribution < -0.4 is 15.0 Å². The van der Waals surface area contributed by atoms with E-state index in [0.717, 1.165) is 54.4 Å². The number of carbonyl (C=O) groups is 1. The quantitative estimate of drug-likeness (QED) is 0.701. The highest BCUT2D eigenvalue weighted by molar-refractivity contribution is 5.94. The monoisotopic (exact) mass is 404 g/mol. The summed E-state index contributed by atoms with van der Waals surface area (Å²) in [5.41, 5.74) is 4.75. The number of ether oxygens (including phenoxy) is 1. The van der Waals surface area contributed by atoms with Crippen LogP contribution in [0.4, 0.5) is 5.69 Å². The van der Waals surface area contributed by atoms with E-state index in [4.69, 9.17) is 4.74 Å². The number of methoxy groups -OCH3 is 1. The first-order valence-electron chi connectivity index (χ1n) is 10.4. The van der Waals surface area contributed by atoms with E-state index in [9.17, 15) is 4.79 Å². The van der Waals surface area contributed by atoms with Gasteiger partial charge in [0.2, 0.25) is 0 Å². The van der Waals surface area contributed by atoms with Gasteiger partial charge in [-0.05, 0) is 69.2 Å². The Morgan fingerprint density at radius 2 is 1.90 bits per heavy atom. The number of aryl methyl sites for hydroxylation is 2. The number of amides is 1. The molecule has 1 amide bonds. The molecule has 3 aromatic rings. The zero-order valence-electron chi connectivity index (χ0n) is 17.8. The number of para-hydroxylation sites is 2. The van der Waals surface area contributed by atoms with Crippen molar-refractivity contribution >= 4 is 11.6 Å². The molecule has 6 heteroatoms. The number of piperidine rings is 1. The number of hydrogen-bond acceptors (Lipinski definition) is 4. The smallest absolute Gasteiger partial charge is 0.251 e. The minimum absolute atomic E-state index is 0.0400. The van der Waals surface area contributed by atoms with E-state index in [1.165, 1.54) is 0 Å². The van der Waals surface area contributed by atoms with Gasteiger partial charge in [-0.2, -0.15) is 5.10 Å². The number of nitrogens with zero attached hydrogens (tertiary/aromatic N) is 3. The molecule has 2 heterocycles. The molecule has 30 heavy (non-hydrogen) atoms. The van der Waals surface area contributed by atoms with Gasteiger partial charge in [-0.1, -0.05) is 12.1 Å².